The van der Waals surface area contributed by atoms with Gasteiger partial charge in [0, 0.05) is 0 Å². The first-order chi connectivity index (χ1) is 9.60. The minimum absolute atomic E-state index is 0.270. The molecule has 0 bridgehead atoms. The second-order valence-electron chi connectivity index (χ2n) is 4.94. The Hall–Kier alpha value is -1.14. The number of aliphatic hydroxyl groups is 1. The molecule has 1 aromatic carbocycles. The molecule has 1 heterocycles. The Morgan fingerprint density at radius 1 is 1.35 bits per heavy atom. The number of rotatable bonds is 5. The van der Waals surface area contributed by atoms with Crippen LogP contribution in [0.4, 0.5) is 0 Å². The normalized spacial score (nSPS) is 28.1. The predicted molar refractivity (Wildman–Crippen MR) is 73.5 cm³/mol. The molecular formula is C15H22O5. The smallest absolute Gasteiger partial charge is 0.155 e. The summed E-state index contributed by atoms with van der Waals surface area (Å²) in [4.78, 5) is 0. The quantitative estimate of drug-likeness (QED) is 0.891. The molecule has 0 aliphatic carbocycles. The molecule has 1 N–H and O–H groups in total. The van der Waals surface area contributed by atoms with Crippen LogP contribution < -0.4 is 4.74 Å². The summed E-state index contributed by atoms with van der Waals surface area (Å²) in [7, 11) is 1.64. The minimum Gasteiger partial charge on any atom is -0.497 e. The van der Waals surface area contributed by atoms with Crippen molar-refractivity contribution >= 4 is 0 Å². The Morgan fingerprint density at radius 3 is 2.65 bits per heavy atom. The molecule has 0 amide bonds. The van der Waals surface area contributed by atoms with Gasteiger partial charge >= 0.3 is 0 Å². The van der Waals surface area contributed by atoms with Crippen LogP contribution in [0.3, 0.4) is 0 Å². The highest BCUT2D eigenvalue weighted by Crippen LogP contribution is 2.20. The van der Waals surface area contributed by atoms with E-state index in [1.165, 1.54) is 0 Å². The molecule has 112 valence electrons. The Kier molecular flexibility index (Phi) is 5.37. The number of ether oxygens (including phenoxy) is 4. The molecule has 5 nitrogen and oxygen atoms in total. The van der Waals surface area contributed by atoms with Crippen LogP contribution in [0.1, 0.15) is 19.4 Å². The van der Waals surface area contributed by atoms with Gasteiger partial charge in [-0.1, -0.05) is 12.1 Å². The van der Waals surface area contributed by atoms with E-state index in [-0.39, 0.29) is 18.5 Å². The lowest BCUT2D eigenvalue weighted by Crippen LogP contribution is -2.49. The highest BCUT2D eigenvalue weighted by atomic mass is 16.7. The zero-order valence-electron chi connectivity index (χ0n) is 12.1. The van der Waals surface area contributed by atoms with Crippen molar-refractivity contribution in [2.45, 2.75) is 45.1 Å². The first-order valence-corrected chi connectivity index (χ1v) is 6.80. The van der Waals surface area contributed by atoms with Crippen LogP contribution in [0.5, 0.6) is 5.75 Å². The Morgan fingerprint density at radius 2 is 2.05 bits per heavy atom. The van der Waals surface area contributed by atoms with Crippen molar-refractivity contribution in [3.05, 3.63) is 29.8 Å². The third-order valence-corrected chi connectivity index (χ3v) is 3.31. The van der Waals surface area contributed by atoms with E-state index >= 15 is 0 Å². The second-order valence-corrected chi connectivity index (χ2v) is 4.94. The van der Waals surface area contributed by atoms with E-state index < -0.39 is 6.10 Å². The van der Waals surface area contributed by atoms with Gasteiger partial charge in [-0.15, -0.1) is 0 Å². The SMILES string of the molecule is COc1ccc(CO[C@@H]2CO[C@H](C)O[C@@H]2C(C)O)cc1. The zero-order valence-corrected chi connectivity index (χ0v) is 12.1. The van der Waals surface area contributed by atoms with E-state index in [4.69, 9.17) is 18.9 Å². The van der Waals surface area contributed by atoms with Crippen molar-refractivity contribution in [2.75, 3.05) is 13.7 Å². The molecule has 1 saturated heterocycles. The molecule has 0 aromatic heterocycles. The summed E-state index contributed by atoms with van der Waals surface area (Å²) in [5, 5.41) is 9.75. The van der Waals surface area contributed by atoms with Gasteiger partial charge in [0.15, 0.2) is 6.29 Å². The summed E-state index contributed by atoms with van der Waals surface area (Å²) in [6.07, 6.45) is -1.54. The van der Waals surface area contributed by atoms with E-state index in [1.807, 2.05) is 31.2 Å². The third-order valence-electron chi connectivity index (χ3n) is 3.31. The number of hydrogen-bond donors (Lipinski definition) is 1. The molecule has 1 unspecified atom stereocenters. The van der Waals surface area contributed by atoms with Gasteiger partial charge in [0.2, 0.25) is 0 Å². The van der Waals surface area contributed by atoms with Gasteiger partial charge in [-0.25, -0.2) is 0 Å². The summed E-state index contributed by atoms with van der Waals surface area (Å²) in [6, 6.07) is 7.67. The average molecular weight is 282 g/mol. The predicted octanol–water partition coefficient (Wildman–Crippen LogP) is 1.72. The lowest BCUT2D eigenvalue weighted by molar-refractivity contribution is -0.273. The summed E-state index contributed by atoms with van der Waals surface area (Å²) in [6.45, 7) is 4.38. The van der Waals surface area contributed by atoms with Gasteiger partial charge in [-0.2, -0.15) is 0 Å². The Labute approximate surface area is 119 Å². The number of aliphatic hydroxyl groups excluding tert-OH is 1. The summed E-state index contributed by atoms with van der Waals surface area (Å²) in [5.41, 5.74) is 1.04. The molecule has 5 heteroatoms. The van der Waals surface area contributed by atoms with Gasteiger partial charge in [-0.05, 0) is 31.5 Å². The van der Waals surface area contributed by atoms with Gasteiger partial charge < -0.3 is 24.1 Å². The van der Waals surface area contributed by atoms with Gasteiger partial charge in [-0.3, -0.25) is 0 Å². The fraction of sp³-hybridized carbons (Fsp3) is 0.600. The molecular weight excluding hydrogens is 260 g/mol. The standard InChI is InChI=1S/C15H22O5/c1-10(16)15-14(9-18-11(2)20-15)19-8-12-4-6-13(17-3)7-5-12/h4-7,10-11,14-16H,8-9H2,1-3H3/t10?,11-,14+,15+/m0/s1. The minimum atomic E-state index is -0.595. The fourth-order valence-corrected chi connectivity index (χ4v) is 2.17. The lowest BCUT2D eigenvalue weighted by atomic mass is 10.1. The molecule has 1 aromatic rings. The number of benzene rings is 1. The topological polar surface area (TPSA) is 57.2 Å². The Bertz CT molecular complexity index is 403. The summed E-state index contributed by atoms with van der Waals surface area (Å²) in [5.74, 6) is 0.814. The highest BCUT2D eigenvalue weighted by molar-refractivity contribution is 5.26. The van der Waals surface area contributed by atoms with E-state index in [9.17, 15) is 5.11 Å². The Balaban J connectivity index is 1.90. The number of methoxy groups -OCH3 is 1. The number of hydrogen-bond acceptors (Lipinski definition) is 5. The van der Waals surface area contributed by atoms with Crippen molar-refractivity contribution in [1.82, 2.24) is 0 Å². The van der Waals surface area contributed by atoms with Crippen LogP contribution in [0.15, 0.2) is 24.3 Å². The molecule has 1 fully saturated rings. The first kappa shape index (κ1) is 15.3. The van der Waals surface area contributed by atoms with Gasteiger partial charge in [0.25, 0.3) is 0 Å². The van der Waals surface area contributed by atoms with Crippen molar-refractivity contribution in [3.63, 3.8) is 0 Å². The molecule has 0 spiro atoms. The fourth-order valence-electron chi connectivity index (χ4n) is 2.17. The van der Waals surface area contributed by atoms with Crippen LogP contribution >= 0.6 is 0 Å². The first-order valence-electron chi connectivity index (χ1n) is 6.80. The molecule has 2 rings (SSSR count). The molecule has 1 aliphatic heterocycles. The maximum atomic E-state index is 9.75. The zero-order chi connectivity index (χ0) is 14.5. The van der Waals surface area contributed by atoms with Crippen molar-refractivity contribution < 1.29 is 24.1 Å². The molecule has 20 heavy (non-hydrogen) atoms. The maximum absolute atomic E-state index is 9.75. The summed E-state index contributed by atoms with van der Waals surface area (Å²) < 4.78 is 21.9. The maximum Gasteiger partial charge on any atom is 0.155 e. The van der Waals surface area contributed by atoms with Crippen molar-refractivity contribution in [3.8, 4) is 5.75 Å². The average Bonchev–Trinajstić information content (AvgIpc) is 2.46. The van der Waals surface area contributed by atoms with Crippen LogP contribution in [0, 0.1) is 0 Å². The van der Waals surface area contributed by atoms with Crippen molar-refractivity contribution in [1.29, 1.82) is 0 Å². The van der Waals surface area contributed by atoms with Gasteiger partial charge in [0.05, 0.1) is 26.4 Å². The second kappa shape index (κ2) is 7.04. The van der Waals surface area contributed by atoms with E-state index in [2.05, 4.69) is 0 Å². The van der Waals surface area contributed by atoms with Crippen LogP contribution in [0.2, 0.25) is 0 Å². The molecule has 1 aliphatic rings. The molecule has 0 radical (unpaired) electrons. The molecule has 0 saturated carbocycles. The third kappa shape index (κ3) is 3.93. The monoisotopic (exact) mass is 282 g/mol. The largest absolute Gasteiger partial charge is 0.497 e. The van der Waals surface area contributed by atoms with Gasteiger partial charge in [0.1, 0.15) is 18.0 Å². The summed E-state index contributed by atoms with van der Waals surface area (Å²) >= 11 is 0. The van der Waals surface area contributed by atoms with E-state index in [0.717, 1.165) is 11.3 Å². The lowest BCUT2D eigenvalue weighted by Gasteiger charge is -2.36. The van der Waals surface area contributed by atoms with E-state index in [1.54, 1.807) is 14.0 Å². The molecule has 4 atom stereocenters. The van der Waals surface area contributed by atoms with Crippen LogP contribution in [-0.2, 0) is 20.8 Å². The highest BCUT2D eigenvalue weighted by Gasteiger charge is 2.34. The van der Waals surface area contributed by atoms with Crippen LogP contribution in [0.25, 0.3) is 0 Å². The van der Waals surface area contributed by atoms with Crippen molar-refractivity contribution in [2.24, 2.45) is 0 Å². The van der Waals surface area contributed by atoms with Crippen LogP contribution in [-0.4, -0.2) is 43.4 Å². The van der Waals surface area contributed by atoms with E-state index in [0.29, 0.717) is 13.2 Å².